The lowest BCUT2D eigenvalue weighted by Crippen LogP contribution is -2.18. The lowest BCUT2D eigenvalue weighted by molar-refractivity contribution is 0.319. The van der Waals surface area contributed by atoms with E-state index in [1.54, 1.807) is 6.92 Å². The molecule has 0 saturated carbocycles. The second-order valence-corrected chi connectivity index (χ2v) is 3.05. The van der Waals surface area contributed by atoms with E-state index in [9.17, 15) is 0 Å². The summed E-state index contributed by atoms with van der Waals surface area (Å²) >= 11 is 16.3. The van der Waals surface area contributed by atoms with Crippen LogP contribution in [0.1, 0.15) is 6.92 Å². The fraction of sp³-hybridized carbons (Fsp3) is 0.750. The largest absolute Gasteiger partial charge is 0.410 e. The lowest BCUT2D eigenvalue weighted by Gasteiger charge is -2.06. The molecule has 0 aliphatic carbocycles. The monoisotopic (exact) mass is 189 g/mol. The highest BCUT2D eigenvalue weighted by atomic mass is 35.5. The van der Waals surface area contributed by atoms with Crippen molar-refractivity contribution in [2.24, 2.45) is 5.16 Å². The van der Waals surface area contributed by atoms with Crippen LogP contribution in [0, 0.1) is 0 Å². The molecule has 1 N–H and O–H groups in total. The maximum Gasteiger partial charge on any atom is 0.164 e. The van der Waals surface area contributed by atoms with Gasteiger partial charge in [-0.05, 0) is 6.92 Å². The van der Waals surface area contributed by atoms with Crippen LogP contribution in [-0.2, 0) is 0 Å². The van der Waals surface area contributed by atoms with Crippen LogP contribution in [0.25, 0.3) is 0 Å². The molecule has 0 rings (SSSR count). The number of alkyl halides is 2. The summed E-state index contributed by atoms with van der Waals surface area (Å²) in [6.07, 6.45) is 0. The summed E-state index contributed by atoms with van der Waals surface area (Å²) in [6.45, 7) is 1.66. The highest BCUT2D eigenvalue weighted by molar-refractivity contribution is 6.71. The SMILES string of the molecule is CC(Cl)C(Cl)C(Cl)=NO. The number of hydrogen-bond donors (Lipinski definition) is 1. The molecule has 0 aromatic carbocycles. The third kappa shape index (κ3) is 3.14. The van der Waals surface area contributed by atoms with E-state index in [0.29, 0.717) is 0 Å². The van der Waals surface area contributed by atoms with Crippen molar-refractivity contribution in [2.75, 3.05) is 0 Å². The highest BCUT2D eigenvalue weighted by Gasteiger charge is 2.16. The maximum absolute atomic E-state index is 8.07. The van der Waals surface area contributed by atoms with Crippen molar-refractivity contribution < 1.29 is 5.21 Å². The second-order valence-electron chi connectivity index (χ2n) is 1.50. The van der Waals surface area contributed by atoms with Crippen molar-refractivity contribution >= 4 is 40.0 Å². The van der Waals surface area contributed by atoms with Gasteiger partial charge in [0.15, 0.2) is 5.17 Å². The van der Waals surface area contributed by atoms with E-state index < -0.39 is 5.38 Å². The zero-order valence-corrected chi connectivity index (χ0v) is 6.95. The van der Waals surface area contributed by atoms with Crippen LogP contribution in [-0.4, -0.2) is 21.1 Å². The van der Waals surface area contributed by atoms with Gasteiger partial charge in [-0.15, -0.1) is 23.2 Å². The maximum atomic E-state index is 8.07. The van der Waals surface area contributed by atoms with Gasteiger partial charge in [-0.25, -0.2) is 0 Å². The normalized spacial score (nSPS) is 19.3. The summed E-state index contributed by atoms with van der Waals surface area (Å²) in [7, 11) is 0. The van der Waals surface area contributed by atoms with E-state index >= 15 is 0 Å². The van der Waals surface area contributed by atoms with Crippen LogP contribution in [0.2, 0.25) is 0 Å². The molecular formula is C4H6Cl3NO. The molecule has 2 atom stereocenters. The average molecular weight is 190 g/mol. The van der Waals surface area contributed by atoms with Crippen molar-refractivity contribution in [1.82, 2.24) is 0 Å². The molecule has 0 radical (unpaired) electrons. The van der Waals surface area contributed by atoms with Gasteiger partial charge < -0.3 is 5.21 Å². The number of rotatable bonds is 2. The molecule has 0 aliphatic rings. The Hall–Kier alpha value is 0.340. The number of halogens is 3. The molecule has 0 bridgehead atoms. The third-order valence-corrected chi connectivity index (χ3v) is 2.11. The predicted molar refractivity (Wildman–Crippen MR) is 40.0 cm³/mol. The third-order valence-electron chi connectivity index (χ3n) is 0.726. The van der Waals surface area contributed by atoms with Crippen molar-refractivity contribution in [3.63, 3.8) is 0 Å². The first-order valence-corrected chi connectivity index (χ1v) is 3.50. The summed E-state index contributed by atoms with van der Waals surface area (Å²) in [5, 5.41) is 9.71. The van der Waals surface area contributed by atoms with Crippen molar-refractivity contribution in [2.45, 2.75) is 17.7 Å². The van der Waals surface area contributed by atoms with Gasteiger partial charge in [0.25, 0.3) is 0 Å². The molecule has 0 spiro atoms. The Morgan fingerprint density at radius 3 is 2.11 bits per heavy atom. The molecule has 0 aromatic rings. The standard InChI is InChI=1S/C4H6Cl3NO/c1-2(5)3(6)4(7)8-9/h2-3,9H,1H3. The van der Waals surface area contributed by atoms with Gasteiger partial charge in [-0.2, -0.15) is 0 Å². The molecule has 0 saturated heterocycles. The van der Waals surface area contributed by atoms with Crippen LogP contribution in [0.5, 0.6) is 0 Å². The molecule has 0 fully saturated rings. The number of hydrogen-bond acceptors (Lipinski definition) is 2. The molecule has 0 amide bonds. The first-order chi connectivity index (χ1) is 4.09. The van der Waals surface area contributed by atoms with E-state index in [4.69, 9.17) is 40.0 Å². The Morgan fingerprint density at radius 1 is 1.56 bits per heavy atom. The van der Waals surface area contributed by atoms with Gasteiger partial charge in [0, 0.05) is 0 Å². The molecule has 5 heteroatoms. The predicted octanol–water partition coefficient (Wildman–Crippen LogP) is 2.25. The summed E-state index contributed by atoms with van der Waals surface area (Å²) in [5.74, 6) is 0. The van der Waals surface area contributed by atoms with Gasteiger partial charge in [-0.1, -0.05) is 16.8 Å². The minimum atomic E-state index is -0.613. The molecule has 0 heterocycles. The topological polar surface area (TPSA) is 32.6 Å². The van der Waals surface area contributed by atoms with Gasteiger partial charge in [0.1, 0.15) is 5.38 Å². The van der Waals surface area contributed by atoms with Gasteiger partial charge >= 0.3 is 0 Å². The van der Waals surface area contributed by atoms with E-state index in [1.807, 2.05) is 0 Å². The molecule has 9 heavy (non-hydrogen) atoms. The Bertz CT molecular complexity index is 114. The van der Waals surface area contributed by atoms with Gasteiger partial charge in [0.2, 0.25) is 0 Å². The lowest BCUT2D eigenvalue weighted by atomic mass is 10.3. The first-order valence-electron chi connectivity index (χ1n) is 2.25. The van der Waals surface area contributed by atoms with E-state index in [1.165, 1.54) is 0 Å². The Kier molecular flexibility index (Phi) is 4.36. The van der Waals surface area contributed by atoms with Crippen LogP contribution in [0.15, 0.2) is 5.16 Å². The molecule has 2 unspecified atom stereocenters. The fourth-order valence-electron chi connectivity index (χ4n) is 0.245. The minimum Gasteiger partial charge on any atom is -0.410 e. The summed E-state index contributed by atoms with van der Waals surface area (Å²) < 4.78 is 0. The molecular weight excluding hydrogens is 184 g/mol. The second kappa shape index (κ2) is 4.20. The molecule has 0 aliphatic heterocycles. The highest BCUT2D eigenvalue weighted by Crippen LogP contribution is 2.12. The van der Waals surface area contributed by atoms with Gasteiger partial charge in [0.05, 0.1) is 5.38 Å². The average Bonchev–Trinajstić information content (AvgIpc) is 1.84. The summed E-state index contributed by atoms with van der Waals surface area (Å²) in [6, 6.07) is 0. The Labute approximate surface area is 68.4 Å². The number of nitrogens with zero attached hydrogens (tertiary/aromatic N) is 1. The fourth-order valence-corrected chi connectivity index (χ4v) is 0.661. The quantitative estimate of drug-likeness (QED) is 0.308. The Morgan fingerprint density at radius 2 is 2.00 bits per heavy atom. The zero-order valence-electron chi connectivity index (χ0n) is 4.68. The van der Waals surface area contributed by atoms with Gasteiger partial charge in [-0.3, -0.25) is 0 Å². The van der Waals surface area contributed by atoms with Crippen LogP contribution in [0.3, 0.4) is 0 Å². The van der Waals surface area contributed by atoms with Crippen LogP contribution >= 0.6 is 34.8 Å². The van der Waals surface area contributed by atoms with E-state index in [2.05, 4.69) is 5.16 Å². The van der Waals surface area contributed by atoms with Crippen molar-refractivity contribution in [1.29, 1.82) is 0 Å². The van der Waals surface area contributed by atoms with E-state index in [-0.39, 0.29) is 10.5 Å². The first kappa shape index (κ1) is 9.34. The molecule has 0 aromatic heterocycles. The van der Waals surface area contributed by atoms with Crippen LogP contribution in [0.4, 0.5) is 0 Å². The molecule has 54 valence electrons. The zero-order chi connectivity index (χ0) is 7.44. The summed E-state index contributed by atoms with van der Waals surface area (Å²) in [4.78, 5) is 0. The summed E-state index contributed by atoms with van der Waals surface area (Å²) in [5.41, 5.74) is 0. The number of oxime groups is 1. The molecule has 2 nitrogen and oxygen atoms in total. The van der Waals surface area contributed by atoms with Crippen molar-refractivity contribution in [3.8, 4) is 0 Å². The smallest absolute Gasteiger partial charge is 0.164 e. The van der Waals surface area contributed by atoms with Crippen molar-refractivity contribution in [3.05, 3.63) is 0 Å². The van der Waals surface area contributed by atoms with E-state index in [0.717, 1.165) is 0 Å². The van der Waals surface area contributed by atoms with Crippen LogP contribution < -0.4 is 0 Å². The minimum absolute atomic E-state index is 0.0841. The Balaban J connectivity index is 3.88.